The Morgan fingerprint density at radius 1 is 1.06 bits per heavy atom. The highest BCUT2D eigenvalue weighted by molar-refractivity contribution is 9.11. The van der Waals surface area contributed by atoms with Gasteiger partial charge in [0.2, 0.25) is 0 Å². The van der Waals surface area contributed by atoms with Crippen LogP contribution in [-0.4, -0.2) is 0 Å². The molecule has 1 atom stereocenters. The Bertz CT molecular complexity index is 579. The van der Waals surface area contributed by atoms with Gasteiger partial charge in [-0.1, -0.05) is 61.7 Å². The standard InChI is InChI=1S/C15H13Br2F/c1-9-3-5-13(16)12(7-9)15(17)11-4-6-14(18)10(2)8-11/h3-8,15H,1-2H3. The maximum Gasteiger partial charge on any atom is 0.126 e. The molecule has 18 heavy (non-hydrogen) atoms. The molecule has 0 N–H and O–H groups in total. The van der Waals surface area contributed by atoms with Gasteiger partial charge in [-0.3, -0.25) is 0 Å². The van der Waals surface area contributed by atoms with E-state index in [4.69, 9.17) is 0 Å². The summed E-state index contributed by atoms with van der Waals surface area (Å²) in [4.78, 5) is 0.0612. The van der Waals surface area contributed by atoms with Crippen molar-refractivity contribution in [3.63, 3.8) is 0 Å². The highest BCUT2D eigenvalue weighted by atomic mass is 79.9. The SMILES string of the molecule is Cc1ccc(Br)c(C(Br)c2ccc(F)c(C)c2)c1. The zero-order valence-electron chi connectivity index (χ0n) is 10.2. The van der Waals surface area contributed by atoms with Crippen LogP contribution in [-0.2, 0) is 0 Å². The molecule has 0 aliphatic heterocycles. The number of rotatable bonds is 2. The third kappa shape index (κ3) is 2.83. The summed E-state index contributed by atoms with van der Waals surface area (Å²) >= 11 is 7.24. The molecule has 0 amide bonds. The minimum atomic E-state index is -0.165. The van der Waals surface area contributed by atoms with Gasteiger partial charge in [0.05, 0.1) is 4.83 Å². The number of hydrogen-bond acceptors (Lipinski definition) is 0. The smallest absolute Gasteiger partial charge is 0.126 e. The molecule has 0 fully saturated rings. The molecule has 0 aromatic heterocycles. The topological polar surface area (TPSA) is 0 Å². The van der Waals surface area contributed by atoms with Gasteiger partial charge in [-0.25, -0.2) is 4.39 Å². The lowest BCUT2D eigenvalue weighted by Crippen LogP contribution is -1.96. The summed E-state index contributed by atoms with van der Waals surface area (Å²) in [6.07, 6.45) is 0. The molecule has 0 aliphatic carbocycles. The average Bonchev–Trinajstić information content (AvgIpc) is 2.35. The summed E-state index contributed by atoms with van der Waals surface area (Å²) in [5.41, 5.74) is 4.08. The first-order valence-electron chi connectivity index (χ1n) is 5.65. The average molecular weight is 372 g/mol. The van der Waals surface area contributed by atoms with Crippen molar-refractivity contribution in [3.8, 4) is 0 Å². The van der Waals surface area contributed by atoms with Crippen LogP contribution >= 0.6 is 31.9 Å². The third-order valence-corrected chi connectivity index (χ3v) is 4.64. The van der Waals surface area contributed by atoms with E-state index in [1.165, 1.54) is 11.6 Å². The van der Waals surface area contributed by atoms with Crippen LogP contribution in [0.2, 0.25) is 0 Å². The minimum absolute atomic E-state index is 0.0612. The predicted molar refractivity (Wildman–Crippen MR) is 80.8 cm³/mol. The highest BCUT2D eigenvalue weighted by Gasteiger charge is 2.14. The van der Waals surface area contributed by atoms with Crippen molar-refractivity contribution in [3.05, 3.63) is 68.9 Å². The van der Waals surface area contributed by atoms with E-state index in [0.29, 0.717) is 5.56 Å². The van der Waals surface area contributed by atoms with Gasteiger partial charge < -0.3 is 0 Å². The van der Waals surface area contributed by atoms with Crippen molar-refractivity contribution >= 4 is 31.9 Å². The molecule has 0 radical (unpaired) electrons. The monoisotopic (exact) mass is 370 g/mol. The fourth-order valence-electron chi connectivity index (χ4n) is 1.86. The first kappa shape index (κ1) is 13.8. The minimum Gasteiger partial charge on any atom is -0.207 e. The van der Waals surface area contributed by atoms with E-state index < -0.39 is 0 Å². The van der Waals surface area contributed by atoms with Crippen molar-refractivity contribution in [2.24, 2.45) is 0 Å². The molecule has 0 bridgehead atoms. The molecule has 1 unspecified atom stereocenters. The van der Waals surface area contributed by atoms with Crippen molar-refractivity contribution in [1.82, 2.24) is 0 Å². The Labute approximate surface area is 123 Å². The first-order valence-corrected chi connectivity index (χ1v) is 7.36. The van der Waals surface area contributed by atoms with Crippen LogP contribution in [0.15, 0.2) is 40.9 Å². The molecule has 2 rings (SSSR count). The number of benzene rings is 2. The second kappa shape index (κ2) is 5.54. The van der Waals surface area contributed by atoms with E-state index in [0.717, 1.165) is 15.6 Å². The molecule has 0 aliphatic rings. The van der Waals surface area contributed by atoms with Crippen molar-refractivity contribution < 1.29 is 4.39 Å². The summed E-state index contributed by atoms with van der Waals surface area (Å²) in [6, 6.07) is 11.4. The summed E-state index contributed by atoms with van der Waals surface area (Å²) in [5.74, 6) is -0.165. The third-order valence-electron chi connectivity index (χ3n) is 2.90. The Balaban J connectivity index is 2.44. The summed E-state index contributed by atoms with van der Waals surface area (Å²) in [7, 11) is 0. The van der Waals surface area contributed by atoms with Crippen LogP contribution in [0.4, 0.5) is 4.39 Å². The van der Waals surface area contributed by atoms with E-state index in [1.807, 2.05) is 18.2 Å². The van der Waals surface area contributed by atoms with Crippen LogP contribution in [0, 0.1) is 19.7 Å². The van der Waals surface area contributed by atoms with Gasteiger partial charge in [-0.2, -0.15) is 0 Å². The Morgan fingerprint density at radius 3 is 2.44 bits per heavy atom. The molecule has 0 nitrogen and oxygen atoms in total. The molecule has 2 aromatic rings. The van der Waals surface area contributed by atoms with Crippen molar-refractivity contribution in [2.45, 2.75) is 18.7 Å². The van der Waals surface area contributed by atoms with Gasteiger partial charge in [0.1, 0.15) is 5.82 Å². The molecule has 0 saturated heterocycles. The second-order valence-corrected chi connectivity index (χ2v) is 6.17. The number of hydrogen-bond donors (Lipinski definition) is 0. The van der Waals surface area contributed by atoms with E-state index in [1.54, 1.807) is 6.92 Å². The quantitative estimate of drug-likeness (QED) is 0.595. The van der Waals surface area contributed by atoms with E-state index in [-0.39, 0.29) is 10.6 Å². The van der Waals surface area contributed by atoms with E-state index in [9.17, 15) is 4.39 Å². The van der Waals surface area contributed by atoms with E-state index >= 15 is 0 Å². The van der Waals surface area contributed by atoms with Gasteiger partial charge in [-0.15, -0.1) is 0 Å². The van der Waals surface area contributed by atoms with Crippen molar-refractivity contribution in [2.75, 3.05) is 0 Å². The number of aryl methyl sites for hydroxylation is 2. The molecule has 3 heteroatoms. The highest BCUT2D eigenvalue weighted by Crippen LogP contribution is 2.36. The molecular formula is C15H13Br2F. The molecule has 0 saturated carbocycles. The summed E-state index contributed by atoms with van der Waals surface area (Å²) in [6.45, 7) is 3.84. The van der Waals surface area contributed by atoms with Gasteiger partial charge in [0.25, 0.3) is 0 Å². The lowest BCUT2D eigenvalue weighted by atomic mass is 10.0. The zero-order valence-corrected chi connectivity index (χ0v) is 13.3. The fourth-order valence-corrected chi connectivity index (χ4v) is 3.31. The molecule has 0 heterocycles. The maximum absolute atomic E-state index is 13.3. The normalized spacial score (nSPS) is 12.5. The number of halogens is 3. The molecule has 0 spiro atoms. The second-order valence-electron chi connectivity index (χ2n) is 4.40. The summed E-state index contributed by atoms with van der Waals surface area (Å²) in [5, 5.41) is 0. The fraction of sp³-hybridized carbons (Fsp3) is 0.200. The van der Waals surface area contributed by atoms with Crippen LogP contribution in [0.3, 0.4) is 0 Å². The van der Waals surface area contributed by atoms with Gasteiger partial charge >= 0.3 is 0 Å². The Kier molecular flexibility index (Phi) is 4.23. The van der Waals surface area contributed by atoms with Crippen LogP contribution in [0.5, 0.6) is 0 Å². The number of alkyl halides is 1. The van der Waals surface area contributed by atoms with E-state index in [2.05, 4.69) is 50.9 Å². The molecule has 94 valence electrons. The van der Waals surface area contributed by atoms with Crippen LogP contribution < -0.4 is 0 Å². The summed E-state index contributed by atoms with van der Waals surface area (Å²) < 4.78 is 14.3. The lowest BCUT2D eigenvalue weighted by molar-refractivity contribution is 0.617. The van der Waals surface area contributed by atoms with Gasteiger partial charge in [-0.05, 0) is 42.7 Å². The Hall–Kier alpha value is -0.670. The first-order chi connectivity index (χ1) is 8.49. The maximum atomic E-state index is 13.3. The predicted octanol–water partition coefficient (Wildman–Crippen LogP) is 5.69. The largest absolute Gasteiger partial charge is 0.207 e. The lowest BCUT2D eigenvalue weighted by Gasteiger charge is -2.14. The molecular weight excluding hydrogens is 359 g/mol. The Morgan fingerprint density at radius 2 is 1.78 bits per heavy atom. The van der Waals surface area contributed by atoms with Crippen LogP contribution in [0.1, 0.15) is 27.1 Å². The zero-order chi connectivity index (χ0) is 13.3. The van der Waals surface area contributed by atoms with Gasteiger partial charge in [0.15, 0.2) is 0 Å². The van der Waals surface area contributed by atoms with Crippen LogP contribution in [0.25, 0.3) is 0 Å². The van der Waals surface area contributed by atoms with Crippen molar-refractivity contribution in [1.29, 1.82) is 0 Å². The molecule has 2 aromatic carbocycles. The van der Waals surface area contributed by atoms with Gasteiger partial charge in [0, 0.05) is 4.47 Å².